The molecule has 0 aromatic heterocycles. The largest absolute Gasteiger partial charge is 0.504 e. The summed E-state index contributed by atoms with van der Waals surface area (Å²) < 4.78 is 5.09. The maximum absolute atomic E-state index is 9.80. The Morgan fingerprint density at radius 1 is 1.06 bits per heavy atom. The number of ether oxygens (including phenoxy) is 1. The molecule has 18 heavy (non-hydrogen) atoms. The number of methoxy groups -OCH3 is 1. The van der Waals surface area contributed by atoms with E-state index in [-0.39, 0.29) is 5.75 Å². The number of hydrogen-bond donors (Lipinski definition) is 1. The van der Waals surface area contributed by atoms with Crippen LogP contribution in [0.4, 0.5) is 0 Å². The normalized spacial score (nSPS) is 10.4. The number of aromatic hydroxyl groups is 1. The first kappa shape index (κ1) is 12.8. The Morgan fingerprint density at radius 3 is 2.33 bits per heavy atom. The van der Waals surface area contributed by atoms with Crippen molar-refractivity contribution in [2.45, 2.75) is 23.6 Å². The zero-order valence-electron chi connectivity index (χ0n) is 10.7. The molecule has 0 bridgehead atoms. The smallest absolute Gasteiger partial charge is 0.160 e. The van der Waals surface area contributed by atoms with Crippen LogP contribution in [0, 0.1) is 13.8 Å². The van der Waals surface area contributed by atoms with Crippen molar-refractivity contribution in [2.75, 3.05) is 7.11 Å². The average Bonchev–Trinajstić information content (AvgIpc) is 2.36. The number of rotatable bonds is 3. The number of phenolic OH excluding ortho intramolecular Hbond substituents is 1. The molecule has 0 unspecified atom stereocenters. The van der Waals surface area contributed by atoms with Gasteiger partial charge in [-0.25, -0.2) is 0 Å². The molecule has 0 fully saturated rings. The van der Waals surface area contributed by atoms with Crippen LogP contribution in [0.5, 0.6) is 11.5 Å². The minimum Gasteiger partial charge on any atom is -0.504 e. The minimum atomic E-state index is 0.178. The summed E-state index contributed by atoms with van der Waals surface area (Å²) in [4.78, 5) is 2.20. The van der Waals surface area contributed by atoms with E-state index in [0.717, 1.165) is 15.4 Å². The van der Waals surface area contributed by atoms with Crippen LogP contribution in [0.15, 0.2) is 46.2 Å². The topological polar surface area (TPSA) is 29.5 Å². The second-order valence-corrected chi connectivity index (χ2v) is 5.32. The van der Waals surface area contributed by atoms with Gasteiger partial charge in [0.15, 0.2) is 11.5 Å². The quantitative estimate of drug-likeness (QED) is 0.898. The van der Waals surface area contributed by atoms with Gasteiger partial charge in [0.2, 0.25) is 0 Å². The molecule has 0 saturated heterocycles. The Morgan fingerprint density at radius 2 is 1.72 bits per heavy atom. The summed E-state index contributed by atoms with van der Waals surface area (Å²) in [7, 11) is 1.56. The Kier molecular flexibility index (Phi) is 3.82. The highest BCUT2D eigenvalue weighted by atomic mass is 32.2. The van der Waals surface area contributed by atoms with E-state index < -0.39 is 0 Å². The third-order valence-electron chi connectivity index (χ3n) is 2.73. The van der Waals surface area contributed by atoms with Crippen LogP contribution in [0.2, 0.25) is 0 Å². The first-order valence-electron chi connectivity index (χ1n) is 5.72. The van der Waals surface area contributed by atoms with Crippen molar-refractivity contribution in [3.63, 3.8) is 0 Å². The van der Waals surface area contributed by atoms with E-state index in [2.05, 4.69) is 31.2 Å². The van der Waals surface area contributed by atoms with Gasteiger partial charge >= 0.3 is 0 Å². The number of benzene rings is 2. The van der Waals surface area contributed by atoms with E-state index in [4.69, 9.17) is 4.74 Å². The Labute approximate surface area is 112 Å². The van der Waals surface area contributed by atoms with Gasteiger partial charge in [0, 0.05) is 9.79 Å². The van der Waals surface area contributed by atoms with Crippen LogP contribution in [0.25, 0.3) is 0 Å². The summed E-state index contributed by atoms with van der Waals surface area (Å²) >= 11 is 1.64. The monoisotopic (exact) mass is 260 g/mol. The molecule has 0 saturated carbocycles. The molecule has 0 aliphatic rings. The van der Waals surface area contributed by atoms with Gasteiger partial charge in [-0.3, -0.25) is 0 Å². The number of hydrogen-bond acceptors (Lipinski definition) is 3. The first-order chi connectivity index (χ1) is 8.60. The zero-order valence-corrected chi connectivity index (χ0v) is 11.5. The van der Waals surface area contributed by atoms with E-state index in [9.17, 15) is 5.11 Å². The number of aryl methyl sites for hydroxylation is 2. The molecule has 0 atom stereocenters. The van der Waals surface area contributed by atoms with Crippen LogP contribution in [-0.2, 0) is 0 Å². The van der Waals surface area contributed by atoms with E-state index in [1.54, 1.807) is 24.9 Å². The minimum absolute atomic E-state index is 0.178. The third-order valence-corrected chi connectivity index (χ3v) is 3.89. The van der Waals surface area contributed by atoms with Crippen molar-refractivity contribution in [3.05, 3.63) is 47.5 Å². The standard InChI is InChI=1S/C15H16O2S/c1-10-4-6-12(7-5-10)18-15-9-13(16)14(17-3)8-11(15)2/h4-9,16H,1-3H3. The predicted molar refractivity (Wildman–Crippen MR) is 74.7 cm³/mol. The molecular formula is C15H16O2S. The maximum Gasteiger partial charge on any atom is 0.160 e. The lowest BCUT2D eigenvalue weighted by Gasteiger charge is -2.10. The van der Waals surface area contributed by atoms with Gasteiger partial charge in [-0.15, -0.1) is 0 Å². The SMILES string of the molecule is COc1cc(C)c(Sc2ccc(C)cc2)cc1O. The van der Waals surface area contributed by atoms with Crippen LogP contribution in [-0.4, -0.2) is 12.2 Å². The van der Waals surface area contributed by atoms with Crippen molar-refractivity contribution in [2.24, 2.45) is 0 Å². The van der Waals surface area contributed by atoms with Gasteiger partial charge in [0.05, 0.1) is 7.11 Å². The van der Waals surface area contributed by atoms with Crippen molar-refractivity contribution < 1.29 is 9.84 Å². The molecule has 0 amide bonds. The fourth-order valence-corrected chi connectivity index (χ4v) is 2.57. The van der Waals surface area contributed by atoms with E-state index in [0.29, 0.717) is 5.75 Å². The van der Waals surface area contributed by atoms with E-state index in [1.807, 2.05) is 13.0 Å². The van der Waals surface area contributed by atoms with Crippen LogP contribution in [0.1, 0.15) is 11.1 Å². The summed E-state index contributed by atoms with van der Waals surface area (Å²) in [6.07, 6.45) is 0. The molecular weight excluding hydrogens is 244 g/mol. The molecule has 2 nitrogen and oxygen atoms in total. The molecule has 1 N–H and O–H groups in total. The van der Waals surface area contributed by atoms with Gasteiger partial charge in [0.1, 0.15) is 0 Å². The molecule has 0 aliphatic heterocycles. The average molecular weight is 260 g/mol. The lowest BCUT2D eigenvalue weighted by molar-refractivity contribution is 0.372. The maximum atomic E-state index is 9.80. The summed E-state index contributed by atoms with van der Waals surface area (Å²) in [5.74, 6) is 0.693. The molecule has 94 valence electrons. The van der Waals surface area contributed by atoms with Crippen molar-refractivity contribution >= 4 is 11.8 Å². The molecule has 0 heterocycles. The second kappa shape index (κ2) is 5.36. The summed E-state index contributed by atoms with van der Waals surface area (Å²) in [5, 5.41) is 9.80. The van der Waals surface area contributed by atoms with E-state index >= 15 is 0 Å². The second-order valence-electron chi connectivity index (χ2n) is 4.20. The highest BCUT2D eigenvalue weighted by Crippen LogP contribution is 2.37. The highest BCUT2D eigenvalue weighted by molar-refractivity contribution is 7.99. The highest BCUT2D eigenvalue weighted by Gasteiger charge is 2.08. The van der Waals surface area contributed by atoms with E-state index in [1.165, 1.54) is 5.56 Å². The zero-order chi connectivity index (χ0) is 13.1. The van der Waals surface area contributed by atoms with Crippen molar-refractivity contribution in [1.29, 1.82) is 0 Å². The van der Waals surface area contributed by atoms with Crippen molar-refractivity contribution in [3.8, 4) is 11.5 Å². The molecule has 2 rings (SSSR count). The van der Waals surface area contributed by atoms with Crippen LogP contribution >= 0.6 is 11.8 Å². The Balaban J connectivity index is 2.29. The fourth-order valence-electron chi connectivity index (χ4n) is 1.66. The van der Waals surface area contributed by atoms with Crippen LogP contribution in [0.3, 0.4) is 0 Å². The Hall–Kier alpha value is -1.61. The molecule has 2 aromatic rings. The molecule has 3 heteroatoms. The first-order valence-corrected chi connectivity index (χ1v) is 6.54. The lowest BCUT2D eigenvalue weighted by Crippen LogP contribution is -1.87. The van der Waals surface area contributed by atoms with Crippen LogP contribution < -0.4 is 4.74 Å². The van der Waals surface area contributed by atoms with Gasteiger partial charge in [-0.2, -0.15) is 0 Å². The lowest BCUT2D eigenvalue weighted by atomic mass is 10.2. The Bertz CT molecular complexity index is 547. The van der Waals surface area contributed by atoms with Crippen molar-refractivity contribution in [1.82, 2.24) is 0 Å². The molecule has 0 spiro atoms. The molecule has 0 aliphatic carbocycles. The summed E-state index contributed by atoms with van der Waals surface area (Å²) in [6, 6.07) is 11.9. The van der Waals surface area contributed by atoms with Gasteiger partial charge in [-0.05, 0) is 43.7 Å². The third kappa shape index (κ3) is 2.79. The van der Waals surface area contributed by atoms with Gasteiger partial charge in [0.25, 0.3) is 0 Å². The fraction of sp³-hybridized carbons (Fsp3) is 0.200. The summed E-state index contributed by atoms with van der Waals surface area (Å²) in [5.41, 5.74) is 2.34. The summed E-state index contributed by atoms with van der Waals surface area (Å²) in [6.45, 7) is 4.08. The molecule has 2 aromatic carbocycles. The predicted octanol–water partition coefficient (Wildman–Crippen LogP) is 4.17. The van der Waals surface area contributed by atoms with Gasteiger partial charge < -0.3 is 9.84 Å². The number of phenols is 1. The molecule has 0 radical (unpaired) electrons. The van der Waals surface area contributed by atoms with Gasteiger partial charge in [-0.1, -0.05) is 29.5 Å².